The molecule has 4 aromatic rings. The molecule has 0 aliphatic heterocycles. The molecule has 0 N–H and O–H groups in total. The first-order chi connectivity index (χ1) is 17.7. The Balaban J connectivity index is 1.48. The molecule has 188 valence electrons. The number of ketones is 1. The third kappa shape index (κ3) is 5.80. The van der Waals surface area contributed by atoms with Crippen molar-refractivity contribution in [3.05, 3.63) is 117 Å². The van der Waals surface area contributed by atoms with Gasteiger partial charge in [0.15, 0.2) is 5.78 Å². The van der Waals surface area contributed by atoms with Crippen LogP contribution in [0, 0.1) is 27.7 Å². The van der Waals surface area contributed by atoms with Crippen LogP contribution < -0.4 is 9.47 Å². The van der Waals surface area contributed by atoms with Crippen LogP contribution in [0.4, 0.5) is 0 Å². The van der Waals surface area contributed by atoms with Crippen LogP contribution >= 0.6 is 0 Å². The lowest BCUT2D eigenvalue weighted by Crippen LogP contribution is -2.10. The molecule has 37 heavy (non-hydrogen) atoms. The van der Waals surface area contributed by atoms with Crippen molar-refractivity contribution in [1.29, 1.82) is 0 Å². The zero-order chi connectivity index (χ0) is 26.7. The smallest absolute Gasteiger partial charge is 0.343 e. The summed E-state index contributed by atoms with van der Waals surface area (Å²) in [6.07, 6.45) is 0.788. The molecule has 4 heteroatoms. The lowest BCUT2D eigenvalue weighted by Gasteiger charge is -2.15. The first-order valence-corrected chi connectivity index (χ1v) is 12.3. The van der Waals surface area contributed by atoms with Crippen molar-refractivity contribution >= 4 is 11.8 Å². The Morgan fingerprint density at radius 2 is 1.03 bits per heavy atom. The number of benzene rings is 4. The van der Waals surface area contributed by atoms with E-state index in [0.717, 1.165) is 45.6 Å². The number of ether oxygens (including phenoxy) is 2. The second kappa shape index (κ2) is 10.8. The van der Waals surface area contributed by atoms with Gasteiger partial charge in [-0.3, -0.25) is 4.79 Å². The topological polar surface area (TPSA) is 52.6 Å². The van der Waals surface area contributed by atoms with Crippen molar-refractivity contribution in [1.82, 2.24) is 0 Å². The molecule has 4 rings (SSSR count). The predicted octanol–water partition coefficient (Wildman–Crippen LogP) is 7.61. The van der Waals surface area contributed by atoms with Gasteiger partial charge in [0.2, 0.25) is 0 Å². The van der Waals surface area contributed by atoms with Crippen LogP contribution in [0.25, 0.3) is 11.1 Å². The molecular weight excluding hydrogens is 460 g/mol. The molecule has 0 bridgehead atoms. The Bertz CT molecular complexity index is 1420. The maximum absolute atomic E-state index is 12.9. The van der Waals surface area contributed by atoms with Crippen molar-refractivity contribution in [2.24, 2.45) is 0 Å². The zero-order valence-electron chi connectivity index (χ0n) is 22.3. The Morgan fingerprint density at radius 1 is 0.622 bits per heavy atom. The normalized spacial score (nSPS) is 10.8. The van der Waals surface area contributed by atoms with Crippen LogP contribution in [0.3, 0.4) is 0 Å². The molecular formula is C33H32O4. The number of esters is 1. The quantitative estimate of drug-likeness (QED) is 0.151. The average molecular weight is 493 g/mol. The second-order valence-electron chi connectivity index (χ2n) is 9.60. The standard InChI is InChI=1S/C33H32O4/c1-20-15-25(16-21(2)31(20)36-6)19-26-17-22(3)32(23(4)18-26)37-33(35)30-13-11-29(12-14-30)28-9-7-27(8-10-28)24(5)34/h7-18H,19H2,1-6H3. The Hall–Kier alpha value is -4.18. The number of aryl methyl sites for hydroxylation is 4. The van der Waals surface area contributed by atoms with E-state index < -0.39 is 0 Å². The van der Waals surface area contributed by atoms with Crippen LogP contribution in [0.1, 0.15) is 61.0 Å². The van der Waals surface area contributed by atoms with Gasteiger partial charge < -0.3 is 9.47 Å². The molecule has 0 fully saturated rings. The summed E-state index contributed by atoms with van der Waals surface area (Å²) >= 11 is 0. The third-order valence-electron chi connectivity index (χ3n) is 6.59. The highest BCUT2D eigenvalue weighted by atomic mass is 16.5. The van der Waals surface area contributed by atoms with Crippen LogP contribution in [0.5, 0.6) is 11.5 Å². The highest BCUT2D eigenvalue weighted by Gasteiger charge is 2.15. The molecule has 0 aromatic heterocycles. The maximum Gasteiger partial charge on any atom is 0.343 e. The van der Waals surface area contributed by atoms with E-state index in [1.165, 1.54) is 11.1 Å². The van der Waals surface area contributed by atoms with Crippen LogP contribution in [0.15, 0.2) is 72.8 Å². The molecule has 0 atom stereocenters. The monoisotopic (exact) mass is 492 g/mol. The molecule has 0 amide bonds. The summed E-state index contributed by atoms with van der Waals surface area (Å²) in [5.41, 5.74) is 9.58. The lowest BCUT2D eigenvalue weighted by molar-refractivity contribution is 0.0732. The molecule has 4 nitrogen and oxygen atoms in total. The number of Topliss-reactive ketones (excluding diaryl/α,β-unsaturated/α-hetero) is 1. The Morgan fingerprint density at radius 3 is 1.43 bits per heavy atom. The van der Waals surface area contributed by atoms with Gasteiger partial charge in [0.1, 0.15) is 11.5 Å². The van der Waals surface area contributed by atoms with Crippen molar-refractivity contribution in [2.75, 3.05) is 7.11 Å². The van der Waals surface area contributed by atoms with E-state index in [2.05, 4.69) is 38.1 Å². The molecule has 0 aliphatic rings. The van der Waals surface area contributed by atoms with E-state index in [0.29, 0.717) is 16.9 Å². The molecule has 0 spiro atoms. The fraction of sp³-hybridized carbons (Fsp3) is 0.212. The summed E-state index contributed by atoms with van der Waals surface area (Å²) in [6.45, 7) is 9.61. The molecule has 0 saturated carbocycles. The van der Waals surface area contributed by atoms with Crippen molar-refractivity contribution < 1.29 is 19.1 Å². The molecule has 0 radical (unpaired) electrons. The van der Waals surface area contributed by atoms with Crippen molar-refractivity contribution in [3.63, 3.8) is 0 Å². The summed E-state index contributed by atoms with van der Waals surface area (Å²) in [4.78, 5) is 24.4. The number of methoxy groups -OCH3 is 1. The number of hydrogen-bond donors (Lipinski definition) is 0. The lowest BCUT2D eigenvalue weighted by atomic mass is 9.97. The Labute approximate surface area is 218 Å². The molecule has 4 aromatic carbocycles. The Kier molecular flexibility index (Phi) is 7.58. The zero-order valence-corrected chi connectivity index (χ0v) is 22.3. The summed E-state index contributed by atoms with van der Waals surface area (Å²) in [6, 6.07) is 23.2. The van der Waals surface area contributed by atoms with Gasteiger partial charge in [0, 0.05) is 5.56 Å². The maximum atomic E-state index is 12.9. The van der Waals surface area contributed by atoms with E-state index in [4.69, 9.17) is 9.47 Å². The van der Waals surface area contributed by atoms with Gasteiger partial charge in [-0.25, -0.2) is 4.79 Å². The minimum Gasteiger partial charge on any atom is -0.496 e. The van der Waals surface area contributed by atoms with Gasteiger partial charge in [0.25, 0.3) is 0 Å². The summed E-state index contributed by atoms with van der Waals surface area (Å²) in [5, 5.41) is 0. The van der Waals surface area contributed by atoms with Gasteiger partial charge in [0.05, 0.1) is 12.7 Å². The highest BCUT2D eigenvalue weighted by molar-refractivity contribution is 5.94. The van der Waals surface area contributed by atoms with Crippen LogP contribution in [-0.2, 0) is 6.42 Å². The van der Waals surface area contributed by atoms with Crippen LogP contribution in [0.2, 0.25) is 0 Å². The fourth-order valence-electron chi connectivity index (χ4n) is 4.85. The van der Waals surface area contributed by atoms with Gasteiger partial charge in [-0.2, -0.15) is 0 Å². The van der Waals surface area contributed by atoms with E-state index in [1.54, 1.807) is 26.2 Å². The van der Waals surface area contributed by atoms with Gasteiger partial charge in [-0.05, 0) is 97.7 Å². The van der Waals surface area contributed by atoms with E-state index >= 15 is 0 Å². The largest absolute Gasteiger partial charge is 0.496 e. The van der Waals surface area contributed by atoms with E-state index in [-0.39, 0.29) is 11.8 Å². The third-order valence-corrected chi connectivity index (χ3v) is 6.59. The first kappa shape index (κ1) is 25.9. The predicted molar refractivity (Wildman–Crippen MR) is 148 cm³/mol. The van der Waals surface area contributed by atoms with Gasteiger partial charge in [-0.15, -0.1) is 0 Å². The number of carbonyl (C=O) groups excluding carboxylic acids is 2. The molecule has 0 heterocycles. The number of rotatable bonds is 7. The number of carbonyl (C=O) groups is 2. The highest BCUT2D eigenvalue weighted by Crippen LogP contribution is 2.30. The summed E-state index contributed by atoms with van der Waals surface area (Å²) < 4.78 is 11.3. The minimum atomic E-state index is -0.390. The minimum absolute atomic E-state index is 0.0363. The average Bonchev–Trinajstić information content (AvgIpc) is 2.86. The van der Waals surface area contributed by atoms with Crippen molar-refractivity contribution in [2.45, 2.75) is 41.0 Å². The van der Waals surface area contributed by atoms with E-state index in [9.17, 15) is 9.59 Å². The summed E-state index contributed by atoms with van der Waals surface area (Å²) in [5.74, 6) is 1.17. The fourth-order valence-corrected chi connectivity index (χ4v) is 4.85. The SMILES string of the molecule is COc1c(C)cc(Cc2cc(C)c(OC(=O)c3ccc(-c4ccc(C(C)=O)cc4)cc3)c(C)c2)cc1C. The first-order valence-electron chi connectivity index (χ1n) is 12.3. The number of hydrogen-bond acceptors (Lipinski definition) is 4. The molecule has 0 aliphatic carbocycles. The van der Waals surface area contributed by atoms with Crippen molar-refractivity contribution in [3.8, 4) is 22.6 Å². The second-order valence-corrected chi connectivity index (χ2v) is 9.60. The molecule has 0 saturated heterocycles. The van der Waals surface area contributed by atoms with Gasteiger partial charge >= 0.3 is 5.97 Å². The molecule has 0 unspecified atom stereocenters. The van der Waals surface area contributed by atoms with Crippen LogP contribution in [-0.4, -0.2) is 18.9 Å². The van der Waals surface area contributed by atoms with Gasteiger partial charge in [-0.1, -0.05) is 60.7 Å². The summed E-state index contributed by atoms with van der Waals surface area (Å²) in [7, 11) is 1.70. The van der Waals surface area contributed by atoms with E-state index in [1.807, 2.05) is 50.2 Å².